The fraction of sp³-hybridized carbons (Fsp3) is 0.778. The van der Waals surface area contributed by atoms with Gasteiger partial charge in [0.15, 0.2) is 5.41 Å². The molecule has 2 N–H and O–H groups in total. The van der Waals surface area contributed by atoms with Crippen molar-refractivity contribution >= 4 is 11.9 Å². The summed E-state index contributed by atoms with van der Waals surface area (Å²) in [7, 11) is 0. The van der Waals surface area contributed by atoms with Crippen LogP contribution in [0.5, 0.6) is 0 Å². The monoisotopic (exact) mass is 184 g/mol. The van der Waals surface area contributed by atoms with Crippen molar-refractivity contribution in [1.82, 2.24) is 0 Å². The predicted octanol–water partition coefficient (Wildman–Crippen LogP) is 1.11. The zero-order valence-electron chi connectivity index (χ0n) is 7.25. The Morgan fingerprint density at radius 2 is 1.46 bits per heavy atom. The Hall–Kier alpha value is -1.06. The molecule has 2 saturated carbocycles. The third-order valence-corrected chi connectivity index (χ3v) is 3.67. The smallest absolute Gasteiger partial charge is 0.321 e. The molecule has 0 aliphatic heterocycles. The minimum absolute atomic E-state index is 0.338. The van der Waals surface area contributed by atoms with E-state index < -0.39 is 22.8 Å². The van der Waals surface area contributed by atoms with Crippen LogP contribution in [-0.4, -0.2) is 22.2 Å². The molecular weight excluding hydrogens is 172 g/mol. The average Bonchev–Trinajstić information content (AvgIpc) is 2.43. The Kier molecular flexibility index (Phi) is 1.47. The number of hydrogen-bond acceptors (Lipinski definition) is 2. The van der Waals surface area contributed by atoms with E-state index in [4.69, 9.17) is 10.2 Å². The molecule has 72 valence electrons. The molecule has 0 aromatic rings. The molecule has 0 bridgehead atoms. The van der Waals surface area contributed by atoms with Gasteiger partial charge in [0.25, 0.3) is 0 Å². The summed E-state index contributed by atoms with van der Waals surface area (Å²) in [6.07, 6.45) is 3.83. The van der Waals surface area contributed by atoms with Crippen molar-refractivity contribution in [2.24, 2.45) is 10.8 Å². The molecule has 0 saturated heterocycles. The third kappa shape index (κ3) is 0.806. The van der Waals surface area contributed by atoms with Gasteiger partial charge >= 0.3 is 11.9 Å². The largest absolute Gasteiger partial charge is 0.480 e. The Balaban J connectivity index is 2.31. The molecule has 13 heavy (non-hydrogen) atoms. The topological polar surface area (TPSA) is 74.6 Å². The highest BCUT2D eigenvalue weighted by molar-refractivity contribution is 6.03. The van der Waals surface area contributed by atoms with Gasteiger partial charge in [0.1, 0.15) is 0 Å². The molecular formula is C9H12O4. The molecule has 2 fully saturated rings. The van der Waals surface area contributed by atoms with Crippen LogP contribution in [0.25, 0.3) is 0 Å². The summed E-state index contributed by atoms with van der Waals surface area (Å²) in [5, 5.41) is 17.8. The highest BCUT2D eigenvalue weighted by Gasteiger charge is 2.77. The Bertz CT molecular complexity index is 261. The van der Waals surface area contributed by atoms with Crippen LogP contribution in [-0.2, 0) is 9.59 Å². The van der Waals surface area contributed by atoms with E-state index in [-0.39, 0.29) is 0 Å². The maximum Gasteiger partial charge on any atom is 0.321 e. The summed E-state index contributed by atoms with van der Waals surface area (Å²) < 4.78 is 0. The minimum Gasteiger partial charge on any atom is -0.480 e. The molecule has 2 aliphatic rings. The second-order valence-corrected chi connectivity index (χ2v) is 4.18. The molecule has 4 heteroatoms. The van der Waals surface area contributed by atoms with Gasteiger partial charge in [0, 0.05) is 0 Å². The minimum atomic E-state index is -1.44. The van der Waals surface area contributed by atoms with E-state index >= 15 is 0 Å². The van der Waals surface area contributed by atoms with Crippen molar-refractivity contribution in [2.45, 2.75) is 32.1 Å². The first kappa shape index (κ1) is 8.53. The van der Waals surface area contributed by atoms with Crippen molar-refractivity contribution < 1.29 is 19.8 Å². The van der Waals surface area contributed by atoms with Crippen molar-refractivity contribution in [3.63, 3.8) is 0 Å². The first-order valence-corrected chi connectivity index (χ1v) is 4.52. The van der Waals surface area contributed by atoms with Crippen LogP contribution in [0.4, 0.5) is 0 Å². The number of rotatable bonds is 2. The summed E-state index contributed by atoms with van der Waals surface area (Å²) in [6.45, 7) is 0. The molecule has 2 rings (SSSR count). The van der Waals surface area contributed by atoms with Gasteiger partial charge in [-0.05, 0) is 24.7 Å². The van der Waals surface area contributed by atoms with Gasteiger partial charge in [-0.3, -0.25) is 9.59 Å². The first-order chi connectivity index (χ1) is 6.05. The second-order valence-electron chi connectivity index (χ2n) is 4.18. The molecule has 0 heterocycles. The average molecular weight is 184 g/mol. The molecule has 0 amide bonds. The van der Waals surface area contributed by atoms with E-state index in [1.807, 2.05) is 0 Å². The van der Waals surface area contributed by atoms with Gasteiger partial charge in [0.2, 0.25) is 0 Å². The van der Waals surface area contributed by atoms with Gasteiger partial charge in [0.05, 0.1) is 0 Å². The van der Waals surface area contributed by atoms with Gasteiger partial charge < -0.3 is 10.2 Å². The summed E-state index contributed by atoms with van der Waals surface area (Å²) >= 11 is 0. The lowest BCUT2D eigenvalue weighted by Gasteiger charge is -2.12. The number of aliphatic carboxylic acids is 2. The van der Waals surface area contributed by atoms with Crippen LogP contribution < -0.4 is 0 Å². The molecule has 0 radical (unpaired) electrons. The number of carbonyl (C=O) groups is 2. The standard InChI is InChI=1S/C9H12O4/c10-6(11)9(7(12)13)5-8(9)3-1-2-4-8/h1-5H2,(H,10,11)(H,12,13). The van der Waals surface area contributed by atoms with Crippen molar-refractivity contribution in [2.75, 3.05) is 0 Å². The van der Waals surface area contributed by atoms with Crippen LogP contribution in [0.3, 0.4) is 0 Å². The van der Waals surface area contributed by atoms with Crippen LogP contribution in [0.2, 0.25) is 0 Å². The summed E-state index contributed by atoms with van der Waals surface area (Å²) in [4.78, 5) is 21.8. The molecule has 0 aromatic heterocycles. The molecule has 0 unspecified atom stereocenters. The Labute approximate surface area is 75.6 Å². The van der Waals surface area contributed by atoms with Crippen molar-refractivity contribution in [1.29, 1.82) is 0 Å². The number of hydrogen-bond donors (Lipinski definition) is 2. The molecule has 4 nitrogen and oxygen atoms in total. The summed E-state index contributed by atoms with van der Waals surface area (Å²) in [5.41, 5.74) is -1.84. The molecule has 1 spiro atoms. The van der Waals surface area contributed by atoms with Gasteiger partial charge in [-0.2, -0.15) is 0 Å². The highest BCUT2D eigenvalue weighted by atomic mass is 16.4. The maximum absolute atomic E-state index is 10.9. The maximum atomic E-state index is 10.9. The van der Waals surface area contributed by atoms with Gasteiger partial charge in [-0.1, -0.05) is 12.8 Å². The van der Waals surface area contributed by atoms with Crippen molar-refractivity contribution in [3.8, 4) is 0 Å². The number of carboxylic acid groups (broad SMARTS) is 2. The summed E-state index contributed by atoms with van der Waals surface area (Å²) in [6, 6.07) is 0. The first-order valence-electron chi connectivity index (χ1n) is 4.52. The lowest BCUT2D eigenvalue weighted by molar-refractivity contribution is -0.159. The quantitative estimate of drug-likeness (QED) is 0.630. The number of carboxylic acids is 2. The van der Waals surface area contributed by atoms with E-state index in [0.29, 0.717) is 6.42 Å². The third-order valence-electron chi connectivity index (χ3n) is 3.67. The van der Waals surface area contributed by atoms with E-state index in [0.717, 1.165) is 25.7 Å². The Morgan fingerprint density at radius 1 is 1.00 bits per heavy atom. The normalized spacial score (nSPS) is 27.4. The molecule has 0 aromatic carbocycles. The van der Waals surface area contributed by atoms with E-state index in [9.17, 15) is 9.59 Å². The molecule has 2 aliphatic carbocycles. The van der Waals surface area contributed by atoms with E-state index in [1.54, 1.807) is 0 Å². The lowest BCUT2D eigenvalue weighted by Crippen LogP contribution is -2.31. The fourth-order valence-corrected chi connectivity index (χ4v) is 2.82. The SMILES string of the molecule is O=C(O)C1(C(=O)O)CC12CCCC2. The zero-order valence-corrected chi connectivity index (χ0v) is 7.25. The van der Waals surface area contributed by atoms with Gasteiger partial charge in [-0.15, -0.1) is 0 Å². The Morgan fingerprint density at radius 3 is 1.77 bits per heavy atom. The fourth-order valence-electron chi connectivity index (χ4n) is 2.82. The van der Waals surface area contributed by atoms with Crippen LogP contribution in [0.15, 0.2) is 0 Å². The van der Waals surface area contributed by atoms with Crippen LogP contribution in [0.1, 0.15) is 32.1 Å². The van der Waals surface area contributed by atoms with E-state index in [2.05, 4.69) is 0 Å². The lowest BCUT2D eigenvalue weighted by atomic mass is 9.91. The highest BCUT2D eigenvalue weighted by Crippen LogP contribution is 2.71. The van der Waals surface area contributed by atoms with Crippen LogP contribution in [0, 0.1) is 10.8 Å². The molecule has 0 atom stereocenters. The second kappa shape index (κ2) is 2.25. The van der Waals surface area contributed by atoms with Gasteiger partial charge in [-0.25, -0.2) is 0 Å². The van der Waals surface area contributed by atoms with E-state index in [1.165, 1.54) is 0 Å². The summed E-state index contributed by atoms with van der Waals surface area (Å²) in [5.74, 6) is -2.30. The van der Waals surface area contributed by atoms with Crippen molar-refractivity contribution in [3.05, 3.63) is 0 Å². The zero-order chi connectivity index (χ0) is 9.69. The predicted molar refractivity (Wildman–Crippen MR) is 43.2 cm³/mol. The van der Waals surface area contributed by atoms with Crippen LogP contribution >= 0.6 is 0 Å².